The van der Waals surface area contributed by atoms with Crippen molar-refractivity contribution in [3.8, 4) is 5.75 Å². The van der Waals surface area contributed by atoms with Gasteiger partial charge in [-0.3, -0.25) is 0 Å². The topological polar surface area (TPSA) is 87.7 Å². The van der Waals surface area contributed by atoms with Crippen molar-refractivity contribution in [2.24, 2.45) is 0 Å². The van der Waals surface area contributed by atoms with Crippen LogP contribution in [0.1, 0.15) is 25.7 Å². The number of methoxy groups -OCH3 is 1. The summed E-state index contributed by atoms with van der Waals surface area (Å²) in [6, 6.07) is 6.34. The first-order valence-corrected chi connectivity index (χ1v) is 9.04. The largest absolute Gasteiger partial charge is 0.497 e. The van der Waals surface area contributed by atoms with E-state index in [1.165, 1.54) is 12.1 Å². The van der Waals surface area contributed by atoms with Gasteiger partial charge in [-0.15, -0.1) is 0 Å². The lowest BCUT2D eigenvalue weighted by molar-refractivity contribution is 0.292. The molecule has 0 atom stereocenters. The summed E-state index contributed by atoms with van der Waals surface area (Å²) in [6.07, 6.45) is 3.87. The summed E-state index contributed by atoms with van der Waals surface area (Å²) < 4.78 is 31.7. The zero-order valence-corrected chi connectivity index (χ0v) is 13.9. The molecule has 1 aromatic carbocycles. The molecule has 0 spiro atoms. The van der Waals surface area contributed by atoms with Gasteiger partial charge in [-0.25, -0.2) is 13.1 Å². The molecule has 0 radical (unpaired) electrons. The Morgan fingerprint density at radius 3 is 2.23 bits per heavy atom. The van der Waals surface area contributed by atoms with E-state index < -0.39 is 10.0 Å². The molecule has 0 bridgehead atoms. The second kappa shape index (κ2) is 10.6. The van der Waals surface area contributed by atoms with Gasteiger partial charge in [0.2, 0.25) is 10.0 Å². The van der Waals surface area contributed by atoms with E-state index in [1.807, 2.05) is 0 Å². The smallest absolute Gasteiger partial charge is 0.240 e. The molecule has 0 saturated heterocycles. The number of ether oxygens (including phenoxy) is 1. The van der Waals surface area contributed by atoms with Crippen molar-refractivity contribution >= 4 is 10.0 Å². The van der Waals surface area contributed by atoms with Crippen molar-refractivity contribution in [3.63, 3.8) is 0 Å². The van der Waals surface area contributed by atoms with E-state index in [-0.39, 0.29) is 11.5 Å². The molecule has 0 aromatic heterocycles. The van der Waals surface area contributed by atoms with Crippen LogP contribution in [0.5, 0.6) is 5.75 Å². The number of nitrogens with one attached hydrogen (secondary N) is 2. The second-order valence-electron chi connectivity index (χ2n) is 4.96. The van der Waals surface area contributed by atoms with Crippen molar-refractivity contribution in [1.82, 2.24) is 10.0 Å². The molecule has 0 aliphatic rings. The lowest BCUT2D eigenvalue weighted by Crippen LogP contribution is -2.24. The number of sulfonamides is 1. The molecule has 0 amide bonds. The number of aliphatic hydroxyl groups is 1. The van der Waals surface area contributed by atoms with E-state index in [2.05, 4.69) is 10.0 Å². The number of rotatable bonds is 12. The lowest BCUT2D eigenvalue weighted by Gasteiger charge is -2.07. The highest BCUT2D eigenvalue weighted by Crippen LogP contribution is 2.15. The summed E-state index contributed by atoms with van der Waals surface area (Å²) in [4.78, 5) is 0.251. The number of unbranched alkanes of at least 4 members (excludes halogenated alkanes) is 3. The second-order valence-corrected chi connectivity index (χ2v) is 6.73. The van der Waals surface area contributed by atoms with E-state index in [0.717, 1.165) is 32.2 Å². The number of hydrogen-bond donors (Lipinski definition) is 3. The molecule has 0 fully saturated rings. The third-order valence-corrected chi connectivity index (χ3v) is 4.71. The molecule has 0 unspecified atom stereocenters. The quantitative estimate of drug-likeness (QED) is 0.500. The molecule has 1 rings (SSSR count). The van der Waals surface area contributed by atoms with E-state index >= 15 is 0 Å². The minimum absolute atomic E-state index is 0.160. The monoisotopic (exact) mass is 330 g/mol. The van der Waals surface area contributed by atoms with Crippen LogP contribution in [0.15, 0.2) is 29.2 Å². The number of hydrogen-bond acceptors (Lipinski definition) is 5. The molecule has 126 valence electrons. The Balaban J connectivity index is 2.20. The van der Waals surface area contributed by atoms with Crippen LogP contribution in [0, 0.1) is 0 Å². The number of aliphatic hydroxyl groups excluding tert-OH is 1. The highest BCUT2D eigenvalue weighted by atomic mass is 32.2. The highest BCUT2D eigenvalue weighted by molar-refractivity contribution is 7.89. The fourth-order valence-corrected chi connectivity index (χ4v) is 3.05. The molecule has 3 N–H and O–H groups in total. The Labute approximate surface area is 132 Å². The van der Waals surface area contributed by atoms with Gasteiger partial charge in [0.25, 0.3) is 0 Å². The molecular formula is C15H26N2O4S. The minimum Gasteiger partial charge on any atom is -0.497 e. The first-order valence-electron chi connectivity index (χ1n) is 7.55. The van der Waals surface area contributed by atoms with Crippen LogP contribution in [-0.2, 0) is 10.0 Å². The molecular weight excluding hydrogens is 304 g/mol. The van der Waals surface area contributed by atoms with Crippen LogP contribution in [-0.4, -0.2) is 46.9 Å². The normalized spacial score (nSPS) is 11.5. The Morgan fingerprint density at radius 1 is 1.00 bits per heavy atom. The van der Waals surface area contributed by atoms with Gasteiger partial charge in [0, 0.05) is 13.1 Å². The molecule has 7 heteroatoms. The highest BCUT2D eigenvalue weighted by Gasteiger charge is 2.12. The maximum atomic E-state index is 12.1. The van der Waals surface area contributed by atoms with E-state index in [4.69, 9.17) is 9.84 Å². The summed E-state index contributed by atoms with van der Waals surface area (Å²) in [6.45, 7) is 2.12. The summed E-state index contributed by atoms with van der Waals surface area (Å²) in [5.41, 5.74) is 0. The van der Waals surface area contributed by atoms with Crippen LogP contribution in [0.3, 0.4) is 0 Å². The molecule has 0 aliphatic heterocycles. The van der Waals surface area contributed by atoms with Gasteiger partial charge in [-0.2, -0.15) is 0 Å². The van der Waals surface area contributed by atoms with Crippen LogP contribution in [0.2, 0.25) is 0 Å². The Hall–Kier alpha value is -1.15. The van der Waals surface area contributed by atoms with Gasteiger partial charge in [-0.05, 0) is 43.7 Å². The Kier molecular flexibility index (Phi) is 9.07. The van der Waals surface area contributed by atoms with Crippen molar-refractivity contribution in [1.29, 1.82) is 0 Å². The van der Waals surface area contributed by atoms with Crippen molar-refractivity contribution in [2.45, 2.75) is 30.6 Å². The Bertz CT molecular complexity index is 503. The van der Waals surface area contributed by atoms with Crippen molar-refractivity contribution in [2.75, 3.05) is 33.4 Å². The van der Waals surface area contributed by atoms with Crippen LogP contribution in [0.25, 0.3) is 0 Å². The fraction of sp³-hybridized carbons (Fsp3) is 0.600. The van der Waals surface area contributed by atoms with E-state index in [1.54, 1.807) is 19.2 Å². The van der Waals surface area contributed by atoms with Crippen molar-refractivity contribution in [3.05, 3.63) is 24.3 Å². The molecule has 0 aliphatic carbocycles. The third-order valence-electron chi connectivity index (χ3n) is 3.23. The van der Waals surface area contributed by atoms with Gasteiger partial charge >= 0.3 is 0 Å². The van der Waals surface area contributed by atoms with Gasteiger partial charge < -0.3 is 15.2 Å². The first kappa shape index (κ1) is 18.9. The minimum atomic E-state index is -3.44. The predicted octanol–water partition coefficient (Wildman–Crippen LogP) is 1.12. The summed E-state index contributed by atoms with van der Waals surface area (Å²) in [5, 5.41) is 11.7. The first-order chi connectivity index (χ1) is 10.6. The standard InChI is InChI=1S/C15H26N2O4S/c1-21-14-6-8-15(9-7-14)22(19,20)17-11-5-3-2-4-10-16-12-13-18/h6-9,16-18H,2-5,10-13H2,1H3. The summed E-state index contributed by atoms with van der Waals surface area (Å²) >= 11 is 0. The molecule has 22 heavy (non-hydrogen) atoms. The van der Waals surface area contributed by atoms with Crippen LogP contribution < -0.4 is 14.8 Å². The van der Waals surface area contributed by atoms with Gasteiger partial charge in [0.15, 0.2) is 0 Å². The molecule has 1 aromatic rings. The Morgan fingerprint density at radius 2 is 1.64 bits per heavy atom. The molecule has 0 saturated carbocycles. The maximum Gasteiger partial charge on any atom is 0.240 e. The average Bonchev–Trinajstić information content (AvgIpc) is 2.53. The zero-order chi connectivity index (χ0) is 16.3. The lowest BCUT2D eigenvalue weighted by atomic mass is 10.2. The summed E-state index contributed by atoms with van der Waals surface area (Å²) in [5.74, 6) is 0.633. The molecule has 6 nitrogen and oxygen atoms in total. The number of benzene rings is 1. The van der Waals surface area contributed by atoms with Crippen LogP contribution in [0.4, 0.5) is 0 Å². The van der Waals surface area contributed by atoms with Crippen molar-refractivity contribution < 1.29 is 18.3 Å². The van der Waals surface area contributed by atoms with E-state index in [0.29, 0.717) is 18.8 Å². The zero-order valence-electron chi connectivity index (χ0n) is 13.0. The molecule has 0 heterocycles. The van der Waals surface area contributed by atoms with Crippen LogP contribution >= 0.6 is 0 Å². The van der Waals surface area contributed by atoms with Gasteiger partial charge in [0.1, 0.15) is 5.75 Å². The van der Waals surface area contributed by atoms with Gasteiger partial charge in [0.05, 0.1) is 18.6 Å². The predicted molar refractivity (Wildman–Crippen MR) is 86.6 cm³/mol. The fourth-order valence-electron chi connectivity index (χ4n) is 1.98. The maximum absolute atomic E-state index is 12.1. The average molecular weight is 330 g/mol. The summed E-state index contributed by atoms with van der Waals surface area (Å²) in [7, 11) is -1.89. The SMILES string of the molecule is COc1ccc(S(=O)(=O)NCCCCCCNCCO)cc1. The van der Waals surface area contributed by atoms with Gasteiger partial charge in [-0.1, -0.05) is 12.8 Å². The third kappa shape index (κ3) is 7.22. The van der Waals surface area contributed by atoms with E-state index in [9.17, 15) is 8.42 Å².